The van der Waals surface area contributed by atoms with Crippen molar-refractivity contribution in [3.8, 4) is 5.75 Å². The van der Waals surface area contributed by atoms with Crippen LogP contribution in [0.2, 0.25) is 0 Å². The second kappa shape index (κ2) is 7.63. The first-order chi connectivity index (χ1) is 9.71. The number of aliphatic hydroxyl groups excluding tert-OH is 2. The molecule has 4 nitrogen and oxygen atoms in total. The van der Waals surface area contributed by atoms with E-state index in [0.717, 1.165) is 0 Å². The third-order valence-corrected chi connectivity index (χ3v) is 2.90. The smallest absolute Gasteiger partial charge is 0.406 e. The van der Waals surface area contributed by atoms with Crippen molar-refractivity contribution in [2.24, 2.45) is 0 Å². The van der Waals surface area contributed by atoms with Gasteiger partial charge in [-0.3, -0.25) is 4.90 Å². The van der Waals surface area contributed by atoms with Crippen LogP contribution in [0, 0.1) is 0 Å². The van der Waals surface area contributed by atoms with Crippen molar-refractivity contribution in [2.45, 2.75) is 38.9 Å². The maximum Gasteiger partial charge on any atom is 0.573 e. The van der Waals surface area contributed by atoms with Crippen molar-refractivity contribution in [3.63, 3.8) is 0 Å². The molecule has 1 rings (SSSR count). The summed E-state index contributed by atoms with van der Waals surface area (Å²) in [7, 11) is 0. The Hall–Kier alpha value is -1.31. The van der Waals surface area contributed by atoms with Gasteiger partial charge in [0.25, 0.3) is 0 Å². The van der Waals surface area contributed by atoms with Gasteiger partial charge in [-0.25, -0.2) is 0 Å². The number of aliphatic hydroxyl groups is 2. The SMILES string of the molecule is CC(O)CN(Cc1cccc(OC(F)(F)F)c1)C(C)CO. The van der Waals surface area contributed by atoms with Crippen LogP contribution in [-0.2, 0) is 6.54 Å². The lowest BCUT2D eigenvalue weighted by Crippen LogP contribution is -2.39. The molecule has 0 radical (unpaired) electrons. The van der Waals surface area contributed by atoms with E-state index in [0.29, 0.717) is 18.7 Å². The van der Waals surface area contributed by atoms with E-state index in [-0.39, 0.29) is 18.4 Å². The van der Waals surface area contributed by atoms with Crippen LogP contribution in [0.5, 0.6) is 5.75 Å². The van der Waals surface area contributed by atoms with Crippen molar-refractivity contribution >= 4 is 0 Å². The predicted molar refractivity (Wildman–Crippen MR) is 71.8 cm³/mol. The molecule has 0 aliphatic carbocycles. The van der Waals surface area contributed by atoms with E-state index in [1.165, 1.54) is 18.2 Å². The van der Waals surface area contributed by atoms with Gasteiger partial charge < -0.3 is 14.9 Å². The quantitative estimate of drug-likeness (QED) is 0.810. The molecule has 0 aliphatic rings. The molecule has 0 spiro atoms. The molecule has 0 amide bonds. The highest BCUT2D eigenvalue weighted by atomic mass is 19.4. The van der Waals surface area contributed by atoms with E-state index in [4.69, 9.17) is 0 Å². The minimum Gasteiger partial charge on any atom is -0.406 e. The van der Waals surface area contributed by atoms with Crippen molar-refractivity contribution in [2.75, 3.05) is 13.2 Å². The van der Waals surface area contributed by atoms with Crippen molar-refractivity contribution in [3.05, 3.63) is 29.8 Å². The minimum atomic E-state index is -4.73. The van der Waals surface area contributed by atoms with Crippen LogP contribution < -0.4 is 4.74 Å². The first kappa shape index (κ1) is 17.7. The van der Waals surface area contributed by atoms with Gasteiger partial charge in [0.2, 0.25) is 0 Å². The van der Waals surface area contributed by atoms with Gasteiger partial charge in [0.05, 0.1) is 12.7 Å². The molecule has 21 heavy (non-hydrogen) atoms. The Labute approximate surface area is 121 Å². The minimum absolute atomic E-state index is 0.106. The van der Waals surface area contributed by atoms with Crippen LogP contribution in [-0.4, -0.2) is 46.8 Å². The molecule has 0 saturated carbocycles. The third-order valence-electron chi connectivity index (χ3n) is 2.90. The Morgan fingerprint density at radius 1 is 1.29 bits per heavy atom. The number of nitrogens with zero attached hydrogens (tertiary/aromatic N) is 1. The van der Waals surface area contributed by atoms with E-state index in [1.54, 1.807) is 24.8 Å². The Morgan fingerprint density at radius 3 is 2.48 bits per heavy atom. The van der Waals surface area contributed by atoms with Crippen LogP contribution in [0.4, 0.5) is 13.2 Å². The van der Waals surface area contributed by atoms with Gasteiger partial charge in [0.15, 0.2) is 0 Å². The summed E-state index contributed by atoms with van der Waals surface area (Å²) in [5, 5.41) is 18.7. The van der Waals surface area contributed by atoms with Crippen molar-refractivity contribution in [1.82, 2.24) is 4.90 Å². The van der Waals surface area contributed by atoms with Crippen LogP contribution in [0.3, 0.4) is 0 Å². The van der Waals surface area contributed by atoms with Gasteiger partial charge in [-0.15, -0.1) is 13.2 Å². The molecule has 0 aliphatic heterocycles. The largest absolute Gasteiger partial charge is 0.573 e. The van der Waals surface area contributed by atoms with E-state index in [9.17, 15) is 23.4 Å². The summed E-state index contributed by atoms with van der Waals surface area (Å²) in [6, 6.07) is 5.45. The number of ether oxygens (including phenoxy) is 1. The Kier molecular flexibility index (Phi) is 6.44. The van der Waals surface area contributed by atoms with Gasteiger partial charge in [-0.1, -0.05) is 12.1 Å². The topological polar surface area (TPSA) is 52.9 Å². The fraction of sp³-hybridized carbons (Fsp3) is 0.571. The zero-order valence-electron chi connectivity index (χ0n) is 12.0. The van der Waals surface area contributed by atoms with Gasteiger partial charge in [-0.2, -0.15) is 0 Å². The number of alkyl halides is 3. The molecule has 0 heterocycles. The molecule has 1 aromatic carbocycles. The lowest BCUT2D eigenvalue weighted by atomic mass is 10.1. The normalized spacial score (nSPS) is 15.0. The lowest BCUT2D eigenvalue weighted by molar-refractivity contribution is -0.274. The fourth-order valence-corrected chi connectivity index (χ4v) is 1.93. The monoisotopic (exact) mass is 307 g/mol. The molecule has 2 atom stereocenters. The van der Waals surface area contributed by atoms with E-state index < -0.39 is 12.5 Å². The maximum atomic E-state index is 12.2. The molecule has 2 N–H and O–H groups in total. The molecule has 120 valence electrons. The van der Waals surface area contributed by atoms with Gasteiger partial charge in [-0.05, 0) is 31.5 Å². The average molecular weight is 307 g/mol. The van der Waals surface area contributed by atoms with E-state index in [1.807, 2.05) is 0 Å². The predicted octanol–water partition coefficient (Wildman–Crippen LogP) is 2.15. The summed E-state index contributed by atoms with van der Waals surface area (Å²) in [5.74, 6) is -0.284. The van der Waals surface area contributed by atoms with Crippen LogP contribution >= 0.6 is 0 Å². The second-order valence-corrected chi connectivity index (χ2v) is 5.01. The fourth-order valence-electron chi connectivity index (χ4n) is 1.93. The Morgan fingerprint density at radius 2 is 1.95 bits per heavy atom. The summed E-state index contributed by atoms with van der Waals surface area (Å²) >= 11 is 0. The highest BCUT2D eigenvalue weighted by Gasteiger charge is 2.31. The maximum absolute atomic E-state index is 12.2. The van der Waals surface area contributed by atoms with E-state index in [2.05, 4.69) is 4.74 Å². The highest BCUT2D eigenvalue weighted by molar-refractivity contribution is 5.28. The van der Waals surface area contributed by atoms with Crippen LogP contribution in [0.1, 0.15) is 19.4 Å². The van der Waals surface area contributed by atoms with Crippen molar-refractivity contribution in [1.29, 1.82) is 0 Å². The van der Waals surface area contributed by atoms with Gasteiger partial charge >= 0.3 is 6.36 Å². The first-order valence-electron chi connectivity index (χ1n) is 6.59. The standard InChI is InChI=1S/C14H20F3NO3/c1-10(9-19)18(7-11(2)20)8-12-4-3-5-13(6-12)21-14(15,16)17/h3-6,10-11,19-20H,7-9H2,1-2H3. The molecule has 2 unspecified atom stereocenters. The number of benzene rings is 1. The molecule has 0 aromatic heterocycles. The average Bonchev–Trinajstić information content (AvgIpc) is 2.35. The van der Waals surface area contributed by atoms with Crippen LogP contribution in [0.15, 0.2) is 24.3 Å². The summed E-state index contributed by atoms with van der Waals surface area (Å²) < 4.78 is 40.4. The van der Waals surface area contributed by atoms with Gasteiger partial charge in [0.1, 0.15) is 5.75 Å². The highest BCUT2D eigenvalue weighted by Crippen LogP contribution is 2.24. The molecule has 7 heteroatoms. The molecular weight excluding hydrogens is 287 g/mol. The zero-order chi connectivity index (χ0) is 16.0. The molecule has 0 bridgehead atoms. The Bertz CT molecular complexity index is 438. The number of hydrogen-bond acceptors (Lipinski definition) is 4. The number of hydrogen-bond donors (Lipinski definition) is 2. The molecule has 0 saturated heterocycles. The number of halogens is 3. The summed E-state index contributed by atoms with van der Waals surface area (Å²) in [6.45, 7) is 3.90. The second-order valence-electron chi connectivity index (χ2n) is 5.01. The summed E-state index contributed by atoms with van der Waals surface area (Å²) in [6.07, 6.45) is -5.33. The van der Waals surface area contributed by atoms with Gasteiger partial charge in [0, 0.05) is 19.1 Å². The third kappa shape index (κ3) is 6.79. The Balaban J connectivity index is 2.81. The zero-order valence-corrected chi connectivity index (χ0v) is 12.0. The molecular formula is C14H20F3NO3. The van der Waals surface area contributed by atoms with E-state index >= 15 is 0 Å². The summed E-state index contributed by atoms with van der Waals surface area (Å²) in [5.41, 5.74) is 0.609. The number of rotatable bonds is 7. The lowest BCUT2D eigenvalue weighted by Gasteiger charge is -2.29. The van der Waals surface area contributed by atoms with Crippen LogP contribution in [0.25, 0.3) is 0 Å². The van der Waals surface area contributed by atoms with Crippen molar-refractivity contribution < 1.29 is 28.1 Å². The molecule has 1 aromatic rings. The summed E-state index contributed by atoms with van der Waals surface area (Å²) in [4.78, 5) is 1.79. The first-order valence-corrected chi connectivity index (χ1v) is 6.59. The molecule has 0 fully saturated rings.